The molecule has 0 heterocycles. The second kappa shape index (κ2) is 8.03. The van der Waals surface area contributed by atoms with E-state index in [1.165, 1.54) is 18.9 Å². The van der Waals surface area contributed by atoms with Gasteiger partial charge in [0.2, 0.25) is 0 Å². The van der Waals surface area contributed by atoms with Crippen molar-refractivity contribution in [3.63, 3.8) is 0 Å². The zero-order chi connectivity index (χ0) is 15.8. The lowest BCUT2D eigenvalue weighted by atomic mass is 10.1. The summed E-state index contributed by atoms with van der Waals surface area (Å²) in [6, 6.07) is 17.7. The molecule has 0 spiro atoms. The molecule has 0 aliphatic heterocycles. The van der Waals surface area contributed by atoms with Crippen LogP contribution in [0.5, 0.6) is 5.75 Å². The quantitative estimate of drug-likeness (QED) is 0.458. The van der Waals surface area contributed by atoms with Crippen molar-refractivity contribution in [1.82, 2.24) is 0 Å². The van der Waals surface area contributed by atoms with Gasteiger partial charge in [0.15, 0.2) is 0 Å². The number of methoxy groups -OCH3 is 1. The summed E-state index contributed by atoms with van der Waals surface area (Å²) >= 11 is 0. The predicted octanol–water partition coefficient (Wildman–Crippen LogP) is 4.06. The SMILES string of the molecule is COC(=O)/C(=C\Oc1cccc(C)c1)CCc1ccccc1. The molecule has 22 heavy (non-hydrogen) atoms. The molecule has 0 radical (unpaired) electrons. The summed E-state index contributed by atoms with van der Waals surface area (Å²) in [5.74, 6) is 0.352. The van der Waals surface area contributed by atoms with Crippen LogP contribution in [0.1, 0.15) is 17.5 Å². The fraction of sp³-hybridized carbons (Fsp3) is 0.211. The summed E-state index contributed by atoms with van der Waals surface area (Å²) in [5, 5.41) is 0. The van der Waals surface area contributed by atoms with Crippen molar-refractivity contribution in [2.75, 3.05) is 7.11 Å². The number of carbonyl (C=O) groups excluding carboxylic acids is 1. The predicted molar refractivity (Wildman–Crippen MR) is 86.7 cm³/mol. The number of hydrogen-bond acceptors (Lipinski definition) is 3. The van der Waals surface area contributed by atoms with Crippen molar-refractivity contribution in [1.29, 1.82) is 0 Å². The molecule has 0 aliphatic carbocycles. The van der Waals surface area contributed by atoms with Crippen LogP contribution in [0.4, 0.5) is 0 Å². The van der Waals surface area contributed by atoms with Gasteiger partial charge in [-0.1, -0.05) is 42.5 Å². The van der Waals surface area contributed by atoms with Gasteiger partial charge in [0.05, 0.1) is 12.7 Å². The second-order valence-corrected chi connectivity index (χ2v) is 5.05. The molecule has 3 heteroatoms. The Morgan fingerprint density at radius 3 is 2.55 bits per heavy atom. The highest BCUT2D eigenvalue weighted by molar-refractivity contribution is 5.88. The van der Waals surface area contributed by atoms with Crippen LogP contribution in [-0.4, -0.2) is 13.1 Å². The smallest absolute Gasteiger partial charge is 0.336 e. The highest BCUT2D eigenvalue weighted by Crippen LogP contribution is 2.16. The van der Waals surface area contributed by atoms with Gasteiger partial charge in [-0.2, -0.15) is 0 Å². The van der Waals surface area contributed by atoms with Crippen LogP contribution in [0, 0.1) is 6.92 Å². The van der Waals surface area contributed by atoms with Crippen LogP contribution in [0.15, 0.2) is 66.4 Å². The molecule has 0 bridgehead atoms. The van der Waals surface area contributed by atoms with Gasteiger partial charge < -0.3 is 9.47 Å². The lowest BCUT2D eigenvalue weighted by Gasteiger charge is -2.07. The Hall–Kier alpha value is -2.55. The Balaban J connectivity index is 2.05. The molecule has 0 amide bonds. The fourth-order valence-corrected chi connectivity index (χ4v) is 2.09. The average molecular weight is 296 g/mol. The molecule has 2 aromatic rings. The second-order valence-electron chi connectivity index (χ2n) is 5.05. The summed E-state index contributed by atoms with van der Waals surface area (Å²) < 4.78 is 10.4. The first-order valence-corrected chi connectivity index (χ1v) is 7.23. The Morgan fingerprint density at radius 2 is 1.86 bits per heavy atom. The zero-order valence-corrected chi connectivity index (χ0v) is 12.9. The van der Waals surface area contributed by atoms with Crippen LogP contribution in [0.3, 0.4) is 0 Å². The van der Waals surface area contributed by atoms with Crippen molar-refractivity contribution in [2.45, 2.75) is 19.8 Å². The summed E-state index contributed by atoms with van der Waals surface area (Å²) in [6.45, 7) is 1.99. The van der Waals surface area contributed by atoms with Gasteiger partial charge in [-0.05, 0) is 43.0 Å². The molecule has 2 rings (SSSR count). The zero-order valence-electron chi connectivity index (χ0n) is 12.9. The Morgan fingerprint density at radius 1 is 1.09 bits per heavy atom. The standard InChI is InChI=1S/C19H20O3/c1-15-7-6-10-18(13-15)22-14-17(19(20)21-2)12-11-16-8-4-3-5-9-16/h3-10,13-14H,11-12H2,1-2H3/b17-14-. The van der Waals surface area contributed by atoms with Crippen molar-refractivity contribution in [3.05, 3.63) is 77.6 Å². The van der Waals surface area contributed by atoms with Gasteiger partial charge in [0.25, 0.3) is 0 Å². The molecule has 2 aromatic carbocycles. The topological polar surface area (TPSA) is 35.5 Å². The van der Waals surface area contributed by atoms with Crippen LogP contribution in [0.25, 0.3) is 0 Å². The van der Waals surface area contributed by atoms with Crippen molar-refractivity contribution in [2.24, 2.45) is 0 Å². The van der Waals surface area contributed by atoms with E-state index < -0.39 is 0 Å². The Bertz CT molecular complexity index is 645. The van der Waals surface area contributed by atoms with Crippen LogP contribution in [-0.2, 0) is 16.0 Å². The summed E-state index contributed by atoms with van der Waals surface area (Å²) in [6.07, 6.45) is 2.82. The summed E-state index contributed by atoms with van der Waals surface area (Å²) in [7, 11) is 1.38. The van der Waals surface area contributed by atoms with Crippen LogP contribution >= 0.6 is 0 Å². The Labute approximate surface area is 131 Å². The van der Waals surface area contributed by atoms with E-state index in [-0.39, 0.29) is 5.97 Å². The lowest BCUT2D eigenvalue weighted by molar-refractivity contribution is -0.136. The fourth-order valence-electron chi connectivity index (χ4n) is 2.09. The van der Waals surface area contributed by atoms with E-state index in [1.807, 2.05) is 61.5 Å². The number of hydrogen-bond donors (Lipinski definition) is 0. The number of carbonyl (C=O) groups is 1. The van der Waals surface area contributed by atoms with Gasteiger partial charge in [-0.15, -0.1) is 0 Å². The van der Waals surface area contributed by atoms with Crippen LogP contribution in [0.2, 0.25) is 0 Å². The number of ether oxygens (including phenoxy) is 2. The van der Waals surface area contributed by atoms with Gasteiger partial charge in [-0.3, -0.25) is 0 Å². The van der Waals surface area contributed by atoms with E-state index in [9.17, 15) is 4.79 Å². The highest BCUT2D eigenvalue weighted by Gasteiger charge is 2.10. The van der Waals surface area contributed by atoms with Crippen molar-refractivity contribution in [3.8, 4) is 5.75 Å². The minimum atomic E-state index is -0.358. The maximum Gasteiger partial charge on any atom is 0.336 e. The van der Waals surface area contributed by atoms with E-state index in [2.05, 4.69) is 0 Å². The van der Waals surface area contributed by atoms with E-state index in [1.54, 1.807) is 0 Å². The molecule has 114 valence electrons. The van der Waals surface area contributed by atoms with Crippen molar-refractivity contribution < 1.29 is 14.3 Å². The van der Waals surface area contributed by atoms with Gasteiger partial charge >= 0.3 is 5.97 Å². The van der Waals surface area contributed by atoms with E-state index in [4.69, 9.17) is 9.47 Å². The summed E-state index contributed by atoms with van der Waals surface area (Å²) in [4.78, 5) is 11.9. The van der Waals surface area contributed by atoms with E-state index >= 15 is 0 Å². The molecule has 0 N–H and O–H groups in total. The number of aryl methyl sites for hydroxylation is 2. The van der Waals surface area contributed by atoms with E-state index in [0.29, 0.717) is 17.7 Å². The molecule has 0 fully saturated rings. The third-order valence-electron chi connectivity index (χ3n) is 3.30. The minimum absolute atomic E-state index is 0.358. The molecule has 3 nitrogen and oxygen atoms in total. The first-order valence-electron chi connectivity index (χ1n) is 7.23. The molecule has 0 aliphatic rings. The van der Waals surface area contributed by atoms with Crippen LogP contribution < -0.4 is 4.74 Å². The number of benzene rings is 2. The average Bonchev–Trinajstić information content (AvgIpc) is 2.55. The molecule has 0 saturated heterocycles. The third-order valence-corrected chi connectivity index (χ3v) is 3.30. The van der Waals surface area contributed by atoms with E-state index in [0.717, 1.165) is 12.0 Å². The van der Waals surface area contributed by atoms with Gasteiger partial charge in [0.1, 0.15) is 12.0 Å². The lowest BCUT2D eigenvalue weighted by Crippen LogP contribution is -2.07. The van der Waals surface area contributed by atoms with Crippen molar-refractivity contribution >= 4 is 5.97 Å². The molecule has 0 atom stereocenters. The Kier molecular flexibility index (Phi) is 5.78. The monoisotopic (exact) mass is 296 g/mol. The molecule has 0 unspecified atom stereocenters. The number of rotatable bonds is 6. The maximum absolute atomic E-state index is 11.9. The van der Waals surface area contributed by atoms with Gasteiger partial charge in [-0.25, -0.2) is 4.79 Å². The third kappa shape index (κ3) is 4.77. The first kappa shape index (κ1) is 15.8. The largest absolute Gasteiger partial charge is 0.466 e. The molecule has 0 saturated carbocycles. The molecular formula is C19H20O3. The molecule has 0 aromatic heterocycles. The normalized spacial score (nSPS) is 11.1. The summed E-state index contributed by atoms with van der Waals surface area (Å²) in [5.41, 5.74) is 2.80. The maximum atomic E-state index is 11.9. The molecular weight excluding hydrogens is 276 g/mol. The minimum Gasteiger partial charge on any atom is -0.466 e. The first-order chi connectivity index (χ1) is 10.7. The number of esters is 1. The highest BCUT2D eigenvalue weighted by atomic mass is 16.5. The van der Waals surface area contributed by atoms with Gasteiger partial charge in [0, 0.05) is 0 Å².